The predicted molar refractivity (Wildman–Crippen MR) is 68.8 cm³/mol. The minimum absolute atomic E-state index is 0.0555. The second-order valence-corrected chi connectivity index (χ2v) is 5.59. The van der Waals surface area contributed by atoms with E-state index >= 15 is 0 Å². The number of hydrogen-bond acceptors (Lipinski definition) is 3. The summed E-state index contributed by atoms with van der Waals surface area (Å²) in [7, 11) is 0. The molecule has 0 radical (unpaired) electrons. The van der Waals surface area contributed by atoms with E-state index in [1.54, 1.807) is 0 Å². The van der Waals surface area contributed by atoms with Crippen LogP contribution in [0.3, 0.4) is 0 Å². The third-order valence-corrected chi connectivity index (χ3v) is 4.44. The quantitative estimate of drug-likeness (QED) is 0.499. The van der Waals surface area contributed by atoms with E-state index in [-0.39, 0.29) is 6.42 Å². The molecule has 0 heterocycles. The van der Waals surface area contributed by atoms with Crippen LogP contribution in [0.25, 0.3) is 0 Å². The summed E-state index contributed by atoms with van der Waals surface area (Å²) >= 11 is 22.6. The lowest BCUT2D eigenvalue weighted by Gasteiger charge is -2.24. The molecule has 0 rings (SSSR count). The molecular weight excluding hydrogens is 346 g/mol. The van der Waals surface area contributed by atoms with Crippen molar-refractivity contribution in [2.45, 2.75) is 17.7 Å². The molecule has 0 atom stereocenters. The number of halogens is 4. The van der Waals surface area contributed by atoms with Gasteiger partial charge in [0.05, 0.1) is 10.1 Å². The van der Waals surface area contributed by atoms with Crippen LogP contribution in [0.4, 0.5) is 0 Å². The molecule has 0 aromatic carbocycles. The van der Waals surface area contributed by atoms with E-state index in [0.717, 1.165) is 0 Å². The van der Waals surface area contributed by atoms with Gasteiger partial charge in [0, 0.05) is 0 Å². The largest absolute Gasteiger partial charge is 0.480 e. The number of carbonyl (C=O) groups is 3. The van der Waals surface area contributed by atoms with E-state index < -0.39 is 37.7 Å². The van der Waals surface area contributed by atoms with Gasteiger partial charge in [0.15, 0.2) is 4.33 Å². The SMILES string of the molecule is CCC(Cl)(Cl)C(Cl)=C(Cl)C(C(=O)O)(C(=O)O)C(=O)O. The van der Waals surface area contributed by atoms with E-state index in [2.05, 4.69) is 0 Å². The van der Waals surface area contributed by atoms with Crippen LogP contribution in [0.5, 0.6) is 0 Å². The molecule has 19 heavy (non-hydrogen) atoms. The van der Waals surface area contributed by atoms with Gasteiger partial charge in [0.25, 0.3) is 5.41 Å². The lowest BCUT2D eigenvalue weighted by atomic mass is 9.87. The molecular formula is C9H8Cl4O6. The van der Waals surface area contributed by atoms with Gasteiger partial charge in [-0.2, -0.15) is 0 Å². The van der Waals surface area contributed by atoms with Crippen molar-refractivity contribution in [3.05, 3.63) is 10.1 Å². The first-order valence-corrected chi connectivity index (χ1v) is 6.11. The molecule has 0 aliphatic carbocycles. The number of aliphatic carboxylic acids is 3. The Morgan fingerprint density at radius 3 is 1.42 bits per heavy atom. The van der Waals surface area contributed by atoms with Crippen LogP contribution < -0.4 is 0 Å². The van der Waals surface area contributed by atoms with E-state index in [4.69, 9.17) is 61.7 Å². The molecule has 0 amide bonds. The van der Waals surface area contributed by atoms with Crippen LogP contribution in [0.1, 0.15) is 13.3 Å². The standard InChI is InChI=1S/C9H8Cl4O6/c1-2-8(12,13)3(10)4(11)9(5(14)15,6(16)17)7(18)19/h2H2,1H3,(H,14,15)(H,16,17)(H,18,19). The summed E-state index contributed by atoms with van der Waals surface area (Å²) in [5, 5.41) is 24.7. The second-order valence-electron chi connectivity index (χ2n) is 3.35. The van der Waals surface area contributed by atoms with E-state index in [9.17, 15) is 14.4 Å². The highest BCUT2D eigenvalue weighted by atomic mass is 35.5. The Hall–Kier alpha value is -0.690. The lowest BCUT2D eigenvalue weighted by molar-refractivity contribution is -0.171. The van der Waals surface area contributed by atoms with Crippen LogP contribution in [-0.2, 0) is 14.4 Å². The predicted octanol–water partition coefficient (Wildman–Crippen LogP) is 2.50. The zero-order chi connectivity index (χ0) is 15.6. The van der Waals surface area contributed by atoms with Crippen LogP contribution in [0.15, 0.2) is 10.1 Å². The normalized spacial score (nSPS) is 13.7. The molecule has 108 valence electrons. The van der Waals surface area contributed by atoms with Crippen LogP contribution >= 0.6 is 46.4 Å². The molecule has 0 aromatic rings. The molecule has 0 spiro atoms. The van der Waals surface area contributed by atoms with Gasteiger partial charge in [-0.15, -0.1) is 0 Å². The van der Waals surface area contributed by atoms with Crippen molar-refractivity contribution in [3.63, 3.8) is 0 Å². The number of carboxylic acid groups (broad SMARTS) is 3. The molecule has 0 bridgehead atoms. The van der Waals surface area contributed by atoms with E-state index in [1.807, 2.05) is 0 Å². The lowest BCUT2D eigenvalue weighted by Crippen LogP contribution is -2.47. The zero-order valence-electron chi connectivity index (χ0n) is 9.29. The Balaban J connectivity index is 6.36. The summed E-state index contributed by atoms with van der Waals surface area (Å²) in [6.07, 6.45) is -0.0555. The first-order chi connectivity index (χ1) is 8.46. The Bertz CT molecular complexity index is 420. The zero-order valence-corrected chi connectivity index (χ0v) is 12.3. The Morgan fingerprint density at radius 2 is 1.21 bits per heavy atom. The maximum absolute atomic E-state index is 11.0. The van der Waals surface area contributed by atoms with Crippen molar-refractivity contribution < 1.29 is 29.7 Å². The molecule has 0 unspecified atom stereocenters. The van der Waals surface area contributed by atoms with Gasteiger partial charge < -0.3 is 15.3 Å². The summed E-state index contributed by atoms with van der Waals surface area (Å²) in [6.45, 7) is 1.45. The van der Waals surface area contributed by atoms with Gasteiger partial charge in [-0.05, 0) is 6.42 Å². The molecule has 0 saturated carbocycles. The Kier molecular flexibility index (Phi) is 5.95. The molecule has 10 heteroatoms. The topological polar surface area (TPSA) is 112 Å². The van der Waals surface area contributed by atoms with Crippen molar-refractivity contribution in [3.8, 4) is 0 Å². The fraction of sp³-hybridized carbons (Fsp3) is 0.444. The van der Waals surface area contributed by atoms with Gasteiger partial charge in [0.1, 0.15) is 0 Å². The fourth-order valence-corrected chi connectivity index (χ4v) is 2.00. The molecule has 0 aliphatic rings. The highest BCUT2D eigenvalue weighted by molar-refractivity contribution is 6.58. The smallest absolute Gasteiger partial charge is 0.338 e. The van der Waals surface area contributed by atoms with Crippen molar-refractivity contribution in [1.29, 1.82) is 0 Å². The van der Waals surface area contributed by atoms with Crippen molar-refractivity contribution >= 4 is 64.3 Å². The van der Waals surface area contributed by atoms with Crippen LogP contribution in [-0.4, -0.2) is 37.6 Å². The van der Waals surface area contributed by atoms with Crippen LogP contribution in [0, 0.1) is 5.41 Å². The second kappa shape index (κ2) is 6.17. The molecule has 0 aromatic heterocycles. The average molecular weight is 354 g/mol. The molecule has 0 aliphatic heterocycles. The molecule has 0 fully saturated rings. The van der Waals surface area contributed by atoms with Crippen molar-refractivity contribution in [1.82, 2.24) is 0 Å². The third-order valence-electron chi connectivity index (χ3n) is 2.25. The number of rotatable bonds is 6. The highest BCUT2D eigenvalue weighted by Crippen LogP contribution is 2.45. The summed E-state index contributed by atoms with van der Waals surface area (Å²) < 4.78 is -1.90. The number of carboxylic acids is 3. The molecule has 6 nitrogen and oxygen atoms in total. The first kappa shape index (κ1) is 18.3. The van der Waals surface area contributed by atoms with E-state index in [0.29, 0.717) is 0 Å². The maximum atomic E-state index is 11.0. The summed E-state index contributed by atoms with van der Waals surface area (Å²) in [5.41, 5.74) is -3.47. The van der Waals surface area contributed by atoms with Crippen molar-refractivity contribution in [2.24, 2.45) is 5.41 Å². The Labute approximate surface area is 127 Å². The average Bonchev–Trinajstić information content (AvgIpc) is 2.26. The molecule has 3 N–H and O–H groups in total. The van der Waals surface area contributed by atoms with Gasteiger partial charge in [-0.3, -0.25) is 0 Å². The molecule has 0 saturated heterocycles. The third kappa shape index (κ3) is 3.08. The minimum Gasteiger partial charge on any atom is -0.480 e. The van der Waals surface area contributed by atoms with Gasteiger partial charge in [-0.1, -0.05) is 53.3 Å². The fourth-order valence-electron chi connectivity index (χ4n) is 1.04. The van der Waals surface area contributed by atoms with Gasteiger partial charge >= 0.3 is 17.9 Å². The first-order valence-electron chi connectivity index (χ1n) is 4.60. The van der Waals surface area contributed by atoms with Gasteiger partial charge in [-0.25, -0.2) is 14.4 Å². The summed E-state index contributed by atoms with van der Waals surface area (Å²) in [4.78, 5) is 33.1. The maximum Gasteiger partial charge on any atom is 0.338 e. The van der Waals surface area contributed by atoms with Crippen molar-refractivity contribution in [2.75, 3.05) is 0 Å². The van der Waals surface area contributed by atoms with E-state index in [1.165, 1.54) is 6.92 Å². The number of hydrogen-bond donors (Lipinski definition) is 3. The monoisotopic (exact) mass is 352 g/mol. The number of alkyl halides is 2. The van der Waals surface area contributed by atoms with Crippen LogP contribution in [0.2, 0.25) is 0 Å². The summed E-state index contributed by atoms with van der Waals surface area (Å²) in [6, 6.07) is 0. The minimum atomic E-state index is -3.47. The highest BCUT2D eigenvalue weighted by Gasteiger charge is 2.59. The number of allylic oxidation sites excluding steroid dienone is 1. The van der Waals surface area contributed by atoms with Gasteiger partial charge in [0.2, 0.25) is 0 Å². The summed E-state index contributed by atoms with van der Waals surface area (Å²) in [5.74, 6) is -6.68. The Morgan fingerprint density at radius 1 is 0.895 bits per heavy atom.